The number of nitrogens with one attached hydrogen (secondary N) is 1. The number of nitrogens with zero attached hydrogens (tertiary/aromatic N) is 5. The zero-order chi connectivity index (χ0) is 19.7. The van der Waals surface area contributed by atoms with Crippen molar-refractivity contribution in [1.29, 1.82) is 0 Å². The van der Waals surface area contributed by atoms with Gasteiger partial charge >= 0.3 is 0 Å². The molecule has 11 nitrogen and oxygen atoms in total. The zero-order valence-electron chi connectivity index (χ0n) is 15.5. The summed E-state index contributed by atoms with van der Waals surface area (Å²) >= 11 is 0. The van der Waals surface area contributed by atoms with Gasteiger partial charge < -0.3 is 20.7 Å². The molecule has 11 heteroatoms. The van der Waals surface area contributed by atoms with Gasteiger partial charge in [0.1, 0.15) is 36.8 Å². The Balaban J connectivity index is 1.37. The fourth-order valence-electron chi connectivity index (χ4n) is 3.82. The number of aromatic nitrogens is 4. The van der Waals surface area contributed by atoms with Crippen molar-refractivity contribution in [3.63, 3.8) is 0 Å². The summed E-state index contributed by atoms with van der Waals surface area (Å²) in [5.41, 5.74) is 9.42. The fraction of sp³-hybridized carbons (Fsp3) is 0.647. The van der Waals surface area contributed by atoms with E-state index in [2.05, 4.69) is 27.3 Å². The van der Waals surface area contributed by atoms with Crippen molar-refractivity contribution in [3.05, 3.63) is 12.7 Å². The van der Waals surface area contributed by atoms with E-state index in [-0.39, 0.29) is 12.4 Å². The third-order valence-electron chi connectivity index (χ3n) is 5.44. The topological polar surface area (TPSA) is 144 Å². The van der Waals surface area contributed by atoms with Crippen LogP contribution >= 0.6 is 0 Å². The first kappa shape index (κ1) is 19.0. The average Bonchev–Trinajstić information content (AvgIpc) is 3.26. The molecule has 0 aromatic carbocycles. The van der Waals surface area contributed by atoms with Gasteiger partial charge in [0.05, 0.1) is 6.33 Å². The van der Waals surface area contributed by atoms with Gasteiger partial charge in [0.25, 0.3) is 0 Å². The quantitative estimate of drug-likeness (QED) is 0.291. The number of aliphatic hydroxyl groups is 2. The highest BCUT2D eigenvalue weighted by molar-refractivity contribution is 5.81. The average molecular weight is 392 g/mol. The number of nitrogens with two attached hydrogens (primary N) is 1. The molecule has 2 aliphatic rings. The Morgan fingerprint density at radius 2 is 2.04 bits per heavy atom. The SMILES string of the molecule is C=[N+](NOC[C@H]1O[C@@H](n2cnc3c(N)ncnc32)[C@H](O)[C@@H]1O)C1CCCCC1. The molecule has 0 radical (unpaired) electrons. The number of ether oxygens (including phenoxy) is 1. The summed E-state index contributed by atoms with van der Waals surface area (Å²) in [5, 5.41) is 20.8. The van der Waals surface area contributed by atoms with Crippen LogP contribution in [0.3, 0.4) is 0 Å². The molecule has 2 fully saturated rings. The monoisotopic (exact) mass is 392 g/mol. The van der Waals surface area contributed by atoms with Crippen LogP contribution in [-0.4, -0.2) is 72.1 Å². The van der Waals surface area contributed by atoms with Crippen LogP contribution < -0.4 is 11.3 Å². The third-order valence-corrected chi connectivity index (χ3v) is 5.44. The molecule has 0 unspecified atom stereocenters. The van der Waals surface area contributed by atoms with Crippen LogP contribution in [-0.2, 0) is 9.57 Å². The molecule has 3 heterocycles. The van der Waals surface area contributed by atoms with E-state index in [9.17, 15) is 10.2 Å². The molecular formula is C17H26N7O4+. The predicted molar refractivity (Wildman–Crippen MR) is 99.0 cm³/mol. The van der Waals surface area contributed by atoms with E-state index in [0.29, 0.717) is 17.2 Å². The number of hydrogen-bond acceptors (Lipinski definition) is 9. The van der Waals surface area contributed by atoms with E-state index in [1.54, 1.807) is 4.68 Å². The molecule has 4 atom stereocenters. The Kier molecular flexibility index (Phi) is 5.40. The van der Waals surface area contributed by atoms with Crippen LogP contribution in [0.15, 0.2) is 12.7 Å². The van der Waals surface area contributed by atoms with Gasteiger partial charge in [0.15, 0.2) is 30.5 Å². The lowest BCUT2D eigenvalue weighted by molar-refractivity contribution is -0.668. The maximum absolute atomic E-state index is 10.4. The minimum Gasteiger partial charge on any atom is -0.387 e. The first-order valence-electron chi connectivity index (χ1n) is 9.48. The summed E-state index contributed by atoms with van der Waals surface area (Å²) in [6.07, 6.45) is 4.64. The van der Waals surface area contributed by atoms with Crippen LogP contribution in [0.1, 0.15) is 38.3 Å². The molecule has 2 aromatic rings. The molecule has 4 rings (SSSR count). The first-order chi connectivity index (χ1) is 13.6. The number of fused-ring (bicyclic) bond motifs is 1. The molecule has 1 saturated carbocycles. The van der Waals surface area contributed by atoms with Crippen LogP contribution in [0.5, 0.6) is 0 Å². The van der Waals surface area contributed by atoms with Crippen molar-refractivity contribution in [1.82, 2.24) is 25.1 Å². The maximum Gasteiger partial charge on any atom is 0.183 e. The van der Waals surface area contributed by atoms with Crippen molar-refractivity contribution >= 4 is 23.7 Å². The van der Waals surface area contributed by atoms with Gasteiger partial charge in [0, 0.05) is 12.8 Å². The number of rotatable bonds is 6. The minimum atomic E-state index is -1.17. The highest BCUT2D eigenvalue weighted by atomic mass is 16.7. The molecule has 0 spiro atoms. The van der Waals surface area contributed by atoms with Gasteiger partial charge in [-0.2, -0.15) is 0 Å². The number of hydrazone groups is 1. The Hall–Kier alpha value is -2.34. The Morgan fingerprint density at radius 1 is 1.25 bits per heavy atom. The normalized spacial score (nSPS) is 28.6. The Morgan fingerprint density at radius 3 is 2.82 bits per heavy atom. The molecular weight excluding hydrogens is 366 g/mol. The van der Waals surface area contributed by atoms with Gasteiger partial charge in [-0.1, -0.05) is 12.0 Å². The number of nitrogen functional groups attached to an aromatic ring is 1. The summed E-state index contributed by atoms with van der Waals surface area (Å²) in [4.78, 5) is 17.7. The van der Waals surface area contributed by atoms with Gasteiger partial charge in [-0.3, -0.25) is 4.57 Å². The molecule has 0 bridgehead atoms. The molecule has 1 aliphatic heterocycles. The lowest BCUT2D eigenvalue weighted by Crippen LogP contribution is -2.41. The highest BCUT2D eigenvalue weighted by Gasteiger charge is 2.44. The van der Waals surface area contributed by atoms with Gasteiger partial charge in [-0.25, -0.2) is 19.8 Å². The number of anilines is 1. The number of hydrogen-bond donors (Lipinski definition) is 4. The van der Waals surface area contributed by atoms with E-state index in [0.717, 1.165) is 12.8 Å². The first-order valence-corrected chi connectivity index (χ1v) is 9.48. The summed E-state index contributed by atoms with van der Waals surface area (Å²) in [7, 11) is 0. The van der Waals surface area contributed by atoms with E-state index in [1.165, 1.54) is 36.5 Å². The van der Waals surface area contributed by atoms with Crippen molar-refractivity contribution in [3.8, 4) is 0 Å². The highest BCUT2D eigenvalue weighted by Crippen LogP contribution is 2.32. The Bertz CT molecular complexity index is 838. The second-order valence-electron chi connectivity index (χ2n) is 7.29. The summed E-state index contributed by atoms with van der Waals surface area (Å²) < 4.78 is 9.06. The second kappa shape index (κ2) is 7.95. The second-order valence-corrected chi connectivity index (χ2v) is 7.29. The van der Waals surface area contributed by atoms with E-state index >= 15 is 0 Å². The van der Waals surface area contributed by atoms with Gasteiger partial charge in [-0.05, 0) is 12.8 Å². The molecule has 1 saturated heterocycles. The minimum absolute atomic E-state index is 0.0389. The smallest absolute Gasteiger partial charge is 0.183 e. The van der Waals surface area contributed by atoms with Crippen LogP contribution in [0.25, 0.3) is 11.2 Å². The van der Waals surface area contributed by atoms with Gasteiger partial charge in [0.2, 0.25) is 0 Å². The Labute approximate surface area is 161 Å². The van der Waals surface area contributed by atoms with Crippen molar-refractivity contribution < 1.29 is 24.5 Å². The molecule has 2 aromatic heterocycles. The zero-order valence-corrected chi connectivity index (χ0v) is 15.5. The largest absolute Gasteiger partial charge is 0.387 e. The summed E-state index contributed by atoms with van der Waals surface area (Å²) in [6, 6.07) is 0.323. The van der Waals surface area contributed by atoms with E-state index in [4.69, 9.17) is 15.3 Å². The lowest BCUT2D eigenvalue weighted by atomic mass is 9.96. The standard InChI is InChI=1S/C17H26N7O4/c1-23(10-5-3-2-4-6-10)22-27-7-11-13(25)14(26)17(28-11)24-9-21-12-15(18)19-8-20-16(12)24/h8-11,13-14,17,22,25-26H,1-7H2,(H2,18,19,20)/q+1/t11-,13-,14-,17-/m1/s1. The molecule has 152 valence electrons. The van der Waals surface area contributed by atoms with Crippen LogP contribution in [0.2, 0.25) is 0 Å². The number of hydrazine groups is 1. The maximum atomic E-state index is 10.4. The number of imidazole rings is 1. The van der Waals surface area contributed by atoms with E-state index in [1.807, 2.05) is 0 Å². The third kappa shape index (κ3) is 3.53. The fourth-order valence-corrected chi connectivity index (χ4v) is 3.82. The molecule has 0 amide bonds. The number of aliphatic hydroxyl groups excluding tert-OH is 2. The lowest BCUT2D eigenvalue weighted by Gasteiger charge is -2.19. The van der Waals surface area contributed by atoms with Crippen molar-refractivity contribution in [2.24, 2.45) is 0 Å². The molecule has 28 heavy (non-hydrogen) atoms. The van der Waals surface area contributed by atoms with Gasteiger partial charge in [-0.15, -0.1) is 4.68 Å². The van der Waals surface area contributed by atoms with E-state index < -0.39 is 24.5 Å². The summed E-state index contributed by atoms with van der Waals surface area (Å²) in [6.45, 7) is 4.00. The molecule has 1 aliphatic carbocycles. The van der Waals surface area contributed by atoms with Crippen LogP contribution in [0, 0.1) is 0 Å². The van der Waals surface area contributed by atoms with Crippen molar-refractivity contribution in [2.75, 3.05) is 12.3 Å². The van der Waals surface area contributed by atoms with Crippen molar-refractivity contribution in [2.45, 2.75) is 62.7 Å². The summed E-state index contributed by atoms with van der Waals surface area (Å²) in [5.74, 6) is 0.235. The molecule has 5 N–H and O–H groups in total. The van der Waals surface area contributed by atoms with Crippen LogP contribution in [0.4, 0.5) is 5.82 Å². The predicted octanol–water partition coefficient (Wildman–Crippen LogP) is -0.490.